The number of methoxy groups -OCH3 is 2. The quantitative estimate of drug-likeness (QED) is 0.365. The molecule has 10 heteroatoms. The van der Waals surface area contributed by atoms with Crippen molar-refractivity contribution in [2.24, 2.45) is 5.92 Å². The van der Waals surface area contributed by atoms with Gasteiger partial charge in [-0.25, -0.2) is 9.59 Å². The highest BCUT2D eigenvalue weighted by Gasteiger charge is 2.32. The molecule has 0 spiro atoms. The maximum absolute atomic E-state index is 12.6. The molecule has 30 heavy (non-hydrogen) atoms. The Balaban J connectivity index is 2.75. The second kappa shape index (κ2) is 12.4. The van der Waals surface area contributed by atoms with Crippen molar-refractivity contribution in [1.82, 2.24) is 10.6 Å². The number of carbonyl (C=O) groups is 4. The number of hydrogen-bond acceptors (Lipinski definition) is 8. The summed E-state index contributed by atoms with van der Waals surface area (Å²) in [4.78, 5) is 48.2. The molecule has 4 atom stereocenters. The fraction of sp³-hybridized carbons (Fsp3) is 0.500. The Hall–Kier alpha value is -3.14. The fourth-order valence-electron chi connectivity index (χ4n) is 2.57. The van der Waals surface area contributed by atoms with E-state index in [1.807, 2.05) is 6.07 Å². The van der Waals surface area contributed by atoms with Gasteiger partial charge in [0, 0.05) is 0 Å². The van der Waals surface area contributed by atoms with E-state index in [2.05, 4.69) is 20.1 Å². The van der Waals surface area contributed by atoms with Gasteiger partial charge < -0.3 is 30.0 Å². The molecule has 0 heterocycles. The third-order valence-corrected chi connectivity index (χ3v) is 4.25. The van der Waals surface area contributed by atoms with Crippen molar-refractivity contribution < 1.29 is 38.5 Å². The molecule has 10 nitrogen and oxygen atoms in total. The predicted molar refractivity (Wildman–Crippen MR) is 105 cm³/mol. The van der Waals surface area contributed by atoms with Crippen molar-refractivity contribution in [3.63, 3.8) is 0 Å². The lowest BCUT2D eigenvalue weighted by atomic mass is 10.0. The highest BCUT2D eigenvalue weighted by Crippen LogP contribution is 2.10. The van der Waals surface area contributed by atoms with Crippen LogP contribution in [0.2, 0.25) is 0 Å². The Labute approximate surface area is 174 Å². The summed E-state index contributed by atoms with van der Waals surface area (Å²) in [5, 5.41) is 14.6. The summed E-state index contributed by atoms with van der Waals surface area (Å²) in [6, 6.07) is 6.32. The molecule has 0 saturated carbocycles. The zero-order valence-electron chi connectivity index (χ0n) is 17.4. The van der Waals surface area contributed by atoms with E-state index in [0.29, 0.717) is 0 Å². The Morgan fingerprint density at radius 2 is 1.57 bits per heavy atom. The first-order chi connectivity index (χ1) is 14.2. The second-order valence-corrected chi connectivity index (χ2v) is 6.67. The number of aliphatic hydroxyl groups is 1. The fourth-order valence-corrected chi connectivity index (χ4v) is 2.57. The van der Waals surface area contributed by atoms with E-state index in [4.69, 9.17) is 4.74 Å². The Morgan fingerprint density at radius 3 is 2.10 bits per heavy atom. The molecule has 2 amide bonds. The summed E-state index contributed by atoms with van der Waals surface area (Å²) in [6.07, 6.45) is -2.29. The lowest BCUT2D eigenvalue weighted by Gasteiger charge is -2.24. The number of nitrogens with one attached hydrogen (secondary N) is 2. The van der Waals surface area contributed by atoms with Crippen LogP contribution in [0, 0.1) is 5.92 Å². The van der Waals surface area contributed by atoms with Crippen molar-refractivity contribution in [2.45, 2.75) is 45.1 Å². The maximum Gasteiger partial charge on any atom is 0.408 e. The molecule has 0 aliphatic carbocycles. The largest absolute Gasteiger partial charge is 0.469 e. The molecular weight excluding hydrogens is 396 g/mol. The van der Waals surface area contributed by atoms with Gasteiger partial charge in [-0.15, -0.1) is 0 Å². The zero-order chi connectivity index (χ0) is 22.7. The molecule has 1 rings (SSSR count). The van der Waals surface area contributed by atoms with Crippen LogP contribution in [0.15, 0.2) is 30.3 Å². The normalized spacial score (nSPS) is 14.4. The highest BCUT2D eigenvalue weighted by molar-refractivity contribution is 5.90. The Bertz CT molecular complexity index is 723. The van der Waals surface area contributed by atoms with Gasteiger partial charge in [0.1, 0.15) is 18.7 Å². The van der Waals surface area contributed by atoms with E-state index >= 15 is 0 Å². The van der Waals surface area contributed by atoms with Gasteiger partial charge in [0.25, 0.3) is 0 Å². The molecule has 1 aromatic carbocycles. The molecule has 0 fully saturated rings. The average molecular weight is 424 g/mol. The van der Waals surface area contributed by atoms with Crippen LogP contribution in [-0.4, -0.2) is 61.5 Å². The first kappa shape index (κ1) is 24.9. The minimum Gasteiger partial charge on any atom is -0.469 e. The SMILES string of the molecule is COC(=O)[C@H](C)C[C@@H](NC(=O)[C@@H](NC(=O)OCc1ccccc1)[C@@H](C)O)C(=O)OC. The average Bonchev–Trinajstić information content (AvgIpc) is 2.74. The number of amides is 2. The van der Waals surface area contributed by atoms with E-state index < -0.39 is 48.0 Å². The number of esters is 2. The van der Waals surface area contributed by atoms with Crippen LogP contribution in [0.4, 0.5) is 4.79 Å². The number of ether oxygens (including phenoxy) is 3. The topological polar surface area (TPSA) is 140 Å². The smallest absolute Gasteiger partial charge is 0.408 e. The summed E-state index contributed by atoms with van der Waals surface area (Å²) in [7, 11) is 2.34. The Morgan fingerprint density at radius 1 is 0.967 bits per heavy atom. The maximum atomic E-state index is 12.6. The standard InChI is InChI=1S/C20H28N2O8/c1-12(18(25)28-3)10-15(19(26)29-4)21-17(24)16(13(2)23)22-20(27)30-11-14-8-6-5-7-9-14/h5-9,12-13,15-16,23H,10-11H2,1-4H3,(H,21,24)(H,22,27)/t12-,13-,15-,16+/m1/s1. The van der Waals surface area contributed by atoms with Crippen molar-refractivity contribution >= 4 is 23.9 Å². The van der Waals surface area contributed by atoms with Crippen LogP contribution in [0.25, 0.3) is 0 Å². The molecule has 3 N–H and O–H groups in total. The van der Waals surface area contributed by atoms with Crippen molar-refractivity contribution in [1.29, 1.82) is 0 Å². The molecule has 0 aliphatic heterocycles. The van der Waals surface area contributed by atoms with E-state index in [1.165, 1.54) is 21.0 Å². The monoisotopic (exact) mass is 424 g/mol. The third-order valence-electron chi connectivity index (χ3n) is 4.25. The minimum atomic E-state index is -1.39. The highest BCUT2D eigenvalue weighted by atomic mass is 16.5. The summed E-state index contributed by atoms with van der Waals surface area (Å²) in [6.45, 7) is 2.80. The first-order valence-corrected chi connectivity index (χ1v) is 9.30. The first-order valence-electron chi connectivity index (χ1n) is 9.30. The van der Waals surface area contributed by atoms with Gasteiger partial charge in [0.2, 0.25) is 5.91 Å². The number of carbonyl (C=O) groups excluding carboxylic acids is 4. The van der Waals surface area contributed by atoms with Crippen LogP contribution in [0.3, 0.4) is 0 Å². The molecular formula is C20H28N2O8. The van der Waals surface area contributed by atoms with E-state index in [9.17, 15) is 24.3 Å². The second-order valence-electron chi connectivity index (χ2n) is 6.67. The molecule has 0 saturated heterocycles. The van der Waals surface area contributed by atoms with Gasteiger partial charge in [-0.2, -0.15) is 0 Å². The summed E-state index contributed by atoms with van der Waals surface area (Å²) < 4.78 is 14.3. The Kier molecular flexibility index (Phi) is 10.3. The van der Waals surface area contributed by atoms with Gasteiger partial charge in [-0.05, 0) is 18.9 Å². The van der Waals surface area contributed by atoms with Gasteiger partial charge in [0.05, 0.1) is 26.2 Å². The number of alkyl carbamates (subject to hydrolysis) is 1. The molecule has 166 valence electrons. The molecule has 0 unspecified atom stereocenters. The van der Waals surface area contributed by atoms with Gasteiger partial charge >= 0.3 is 18.0 Å². The number of rotatable bonds is 10. The molecule has 0 aliphatic rings. The van der Waals surface area contributed by atoms with Crippen LogP contribution >= 0.6 is 0 Å². The lowest BCUT2D eigenvalue weighted by molar-refractivity contribution is -0.149. The number of hydrogen-bond donors (Lipinski definition) is 3. The van der Waals surface area contributed by atoms with Crippen LogP contribution < -0.4 is 10.6 Å². The van der Waals surface area contributed by atoms with Gasteiger partial charge in [0.15, 0.2) is 0 Å². The summed E-state index contributed by atoms with van der Waals surface area (Å²) in [5.41, 5.74) is 0.744. The summed E-state index contributed by atoms with van der Waals surface area (Å²) in [5.74, 6) is -2.88. The minimum absolute atomic E-state index is 0.0255. The van der Waals surface area contributed by atoms with Crippen molar-refractivity contribution in [3.8, 4) is 0 Å². The van der Waals surface area contributed by atoms with Crippen LogP contribution in [-0.2, 0) is 35.2 Å². The van der Waals surface area contributed by atoms with Crippen molar-refractivity contribution in [3.05, 3.63) is 35.9 Å². The van der Waals surface area contributed by atoms with Crippen molar-refractivity contribution in [2.75, 3.05) is 14.2 Å². The lowest BCUT2D eigenvalue weighted by Crippen LogP contribution is -2.56. The van der Waals surface area contributed by atoms with Crippen LogP contribution in [0.5, 0.6) is 0 Å². The number of benzene rings is 1. The van der Waals surface area contributed by atoms with E-state index in [-0.39, 0.29) is 13.0 Å². The third kappa shape index (κ3) is 8.08. The predicted octanol–water partition coefficient (Wildman–Crippen LogP) is 0.519. The molecule has 0 radical (unpaired) electrons. The van der Waals surface area contributed by atoms with Gasteiger partial charge in [-0.3, -0.25) is 9.59 Å². The zero-order valence-corrected chi connectivity index (χ0v) is 17.4. The van der Waals surface area contributed by atoms with Gasteiger partial charge in [-0.1, -0.05) is 37.3 Å². The van der Waals surface area contributed by atoms with E-state index in [0.717, 1.165) is 12.7 Å². The molecule has 0 bridgehead atoms. The van der Waals surface area contributed by atoms with E-state index in [1.54, 1.807) is 24.3 Å². The number of aliphatic hydroxyl groups excluding tert-OH is 1. The van der Waals surface area contributed by atoms with Crippen LogP contribution in [0.1, 0.15) is 25.8 Å². The summed E-state index contributed by atoms with van der Waals surface area (Å²) >= 11 is 0. The molecule has 1 aromatic rings. The molecule has 0 aromatic heterocycles.